The number of halogens is 3. The van der Waals surface area contributed by atoms with Crippen LogP contribution in [-0.4, -0.2) is 39.5 Å². The molecule has 7 nitrogen and oxygen atoms in total. The fourth-order valence-electron chi connectivity index (χ4n) is 3.31. The number of hydrogen-bond donors (Lipinski definition) is 1. The smallest absolute Gasteiger partial charge is 0.392 e. The Hall–Kier alpha value is -3.17. The standard InChI is InChI=1S/C22H25F3N4O3/c1-12(2)20(30)28-19-16-11-29(21(31)15(16)5-7-26-19)14(4)17-9-13(3)18(10-27-17)32-8-6-22(23,24)25/h5,7,9-10,12,14H,6,8,11H2,1-4H3,(H,26,28,30). The molecule has 2 amide bonds. The summed E-state index contributed by atoms with van der Waals surface area (Å²) >= 11 is 0. The van der Waals surface area contributed by atoms with Gasteiger partial charge < -0.3 is 15.0 Å². The van der Waals surface area contributed by atoms with E-state index in [1.165, 1.54) is 12.4 Å². The molecule has 172 valence electrons. The third-order valence-corrected chi connectivity index (χ3v) is 5.26. The molecular weight excluding hydrogens is 425 g/mol. The van der Waals surface area contributed by atoms with Gasteiger partial charge in [-0.2, -0.15) is 13.2 Å². The Morgan fingerprint density at radius 3 is 2.62 bits per heavy atom. The number of nitrogens with one attached hydrogen (secondary N) is 1. The third kappa shape index (κ3) is 5.17. The van der Waals surface area contributed by atoms with Crippen molar-refractivity contribution in [3.05, 3.63) is 46.9 Å². The minimum atomic E-state index is -4.29. The molecule has 1 aliphatic heterocycles. The fourth-order valence-corrected chi connectivity index (χ4v) is 3.31. The number of rotatable bonds is 7. The van der Waals surface area contributed by atoms with Gasteiger partial charge in [0.2, 0.25) is 5.91 Å². The Balaban J connectivity index is 1.75. The number of fused-ring (bicyclic) bond motifs is 1. The zero-order chi connectivity index (χ0) is 23.6. The second-order valence-electron chi connectivity index (χ2n) is 8.03. The van der Waals surface area contributed by atoms with E-state index in [2.05, 4.69) is 15.3 Å². The first-order chi connectivity index (χ1) is 15.0. The highest BCUT2D eigenvalue weighted by molar-refractivity contribution is 6.01. The van der Waals surface area contributed by atoms with Gasteiger partial charge in [-0.25, -0.2) is 4.98 Å². The van der Waals surface area contributed by atoms with E-state index in [0.717, 1.165) is 0 Å². The van der Waals surface area contributed by atoms with Gasteiger partial charge in [-0.1, -0.05) is 13.8 Å². The monoisotopic (exact) mass is 450 g/mol. The van der Waals surface area contributed by atoms with E-state index in [1.54, 1.807) is 37.8 Å². The molecule has 0 aliphatic carbocycles. The number of carbonyl (C=O) groups excluding carboxylic acids is 2. The molecule has 0 saturated heterocycles. The van der Waals surface area contributed by atoms with Crippen molar-refractivity contribution in [1.82, 2.24) is 14.9 Å². The minimum absolute atomic E-state index is 0.191. The molecular formula is C22H25F3N4O3. The Kier molecular flexibility index (Phi) is 6.71. The molecule has 1 unspecified atom stereocenters. The number of ether oxygens (including phenoxy) is 1. The van der Waals surface area contributed by atoms with E-state index in [4.69, 9.17) is 4.74 Å². The van der Waals surface area contributed by atoms with Crippen LogP contribution < -0.4 is 10.1 Å². The van der Waals surface area contributed by atoms with Gasteiger partial charge in [0.25, 0.3) is 5.91 Å². The lowest BCUT2D eigenvalue weighted by atomic mass is 10.1. The Morgan fingerprint density at radius 1 is 1.28 bits per heavy atom. The quantitative estimate of drug-likeness (QED) is 0.675. The number of alkyl halides is 3. The summed E-state index contributed by atoms with van der Waals surface area (Å²) in [6.07, 6.45) is -2.48. The normalized spacial score (nSPS) is 14.5. The van der Waals surface area contributed by atoms with Gasteiger partial charge in [-0.15, -0.1) is 0 Å². The van der Waals surface area contributed by atoms with Gasteiger partial charge in [0.05, 0.1) is 37.5 Å². The summed E-state index contributed by atoms with van der Waals surface area (Å²) in [5.41, 5.74) is 2.31. The van der Waals surface area contributed by atoms with Gasteiger partial charge >= 0.3 is 6.18 Å². The predicted octanol–water partition coefficient (Wildman–Crippen LogP) is 4.43. The molecule has 0 fully saturated rings. The van der Waals surface area contributed by atoms with Crippen LogP contribution in [-0.2, 0) is 11.3 Å². The van der Waals surface area contributed by atoms with Gasteiger partial charge in [0.1, 0.15) is 11.6 Å². The molecule has 0 bridgehead atoms. The molecule has 2 aromatic rings. The van der Waals surface area contributed by atoms with Crippen molar-refractivity contribution in [2.45, 2.75) is 52.9 Å². The van der Waals surface area contributed by atoms with E-state index < -0.39 is 25.2 Å². The molecule has 2 aromatic heterocycles. The molecule has 0 saturated carbocycles. The molecule has 32 heavy (non-hydrogen) atoms. The zero-order valence-electron chi connectivity index (χ0n) is 18.3. The van der Waals surface area contributed by atoms with Gasteiger partial charge in [0.15, 0.2) is 0 Å². The molecule has 10 heteroatoms. The van der Waals surface area contributed by atoms with Crippen LogP contribution in [0.2, 0.25) is 0 Å². The lowest BCUT2D eigenvalue weighted by Gasteiger charge is -2.24. The Labute approximate surface area is 184 Å². The molecule has 0 radical (unpaired) electrons. The van der Waals surface area contributed by atoms with Crippen LogP contribution in [0, 0.1) is 12.8 Å². The number of hydrogen-bond acceptors (Lipinski definition) is 5. The van der Waals surface area contributed by atoms with E-state index in [-0.39, 0.29) is 30.0 Å². The molecule has 0 spiro atoms. The van der Waals surface area contributed by atoms with Crippen LogP contribution in [0.3, 0.4) is 0 Å². The number of amides is 2. The number of aryl methyl sites for hydroxylation is 1. The highest BCUT2D eigenvalue weighted by atomic mass is 19.4. The highest BCUT2D eigenvalue weighted by Crippen LogP contribution is 2.34. The minimum Gasteiger partial charge on any atom is -0.491 e. The van der Waals surface area contributed by atoms with Crippen molar-refractivity contribution in [1.29, 1.82) is 0 Å². The Morgan fingerprint density at radius 2 is 2.00 bits per heavy atom. The molecule has 3 rings (SSSR count). The molecule has 1 aliphatic rings. The summed E-state index contributed by atoms with van der Waals surface area (Å²) in [7, 11) is 0. The largest absolute Gasteiger partial charge is 0.491 e. The van der Waals surface area contributed by atoms with Crippen LogP contribution in [0.4, 0.5) is 19.0 Å². The highest BCUT2D eigenvalue weighted by Gasteiger charge is 2.34. The maximum absolute atomic E-state index is 13.0. The Bertz CT molecular complexity index is 1020. The van der Waals surface area contributed by atoms with Crippen molar-refractivity contribution >= 4 is 17.6 Å². The third-order valence-electron chi connectivity index (χ3n) is 5.26. The summed E-state index contributed by atoms with van der Waals surface area (Å²) in [5.74, 6) is -0.00194. The first-order valence-corrected chi connectivity index (χ1v) is 10.2. The van der Waals surface area contributed by atoms with Crippen LogP contribution in [0.15, 0.2) is 24.5 Å². The summed E-state index contributed by atoms with van der Waals surface area (Å²) in [6.45, 7) is 6.83. The number of carbonyl (C=O) groups is 2. The summed E-state index contributed by atoms with van der Waals surface area (Å²) in [4.78, 5) is 35.2. The summed E-state index contributed by atoms with van der Waals surface area (Å²) < 4.78 is 42.2. The van der Waals surface area contributed by atoms with E-state index in [9.17, 15) is 22.8 Å². The van der Waals surface area contributed by atoms with Crippen molar-refractivity contribution in [2.24, 2.45) is 5.92 Å². The number of nitrogens with zero attached hydrogens (tertiary/aromatic N) is 3. The number of anilines is 1. The SMILES string of the molecule is Cc1cc(C(C)N2Cc3c(ccnc3NC(=O)C(C)C)C2=O)ncc1OCCC(F)(F)F. The van der Waals surface area contributed by atoms with Crippen molar-refractivity contribution in [3.8, 4) is 5.75 Å². The zero-order valence-corrected chi connectivity index (χ0v) is 18.3. The van der Waals surface area contributed by atoms with Crippen LogP contribution >= 0.6 is 0 Å². The van der Waals surface area contributed by atoms with Crippen LogP contribution in [0.1, 0.15) is 60.4 Å². The topological polar surface area (TPSA) is 84.4 Å². The average molecular weight is 450 g/mol. The van der Waals surface area contributed by atoms with E-state index >= 15 is 0 Å². The molecule has 3 heterocycles. The van der Waals surface area contributed by atoms with Gasteiger partial charge in [0, 0.05) is 23.2 Å². The average Bonchev–Trinajstić information content (AvgIpc) is 3.05. The second kappa shape index (κ2) is 9.13. The lowest BCUT2D eigenvalue weighted by molar-refractivity contribution is -0.139. The maximum atomic E-state index is 13.0. The summed E-state index contributed by atoms with van der Waals surface area (Å²) in [5, 5.41) is 2.77. The van der Waals surface area contributed by atoms with Gasteiger partial charge in [-0.3, -0.25) is 14.6 Å². The number of aromatic nitrogens is 2. The summed E-state index contributed by atoms with van der Waals surface area (Å²) in [6, 6.07) is 2.90. The lowest BCUT2D eigenvalue weighted by Crippen LogP contribution is -2.28. The van der Waals surface area contributed by atoms with Crippen molar-refractivity contribution < 1.29 is 27.5 Å². The molecule has 0 aromatic carbocycles. The predicted molar refractivity (Wildman–Crippen MR) is 111 cm³/mol. The van der Waals surface area contributed by atoms with E-state index in [0.29, 0.717) is 28.2 Å². The van der Waals surface area contributed by atoms with Gasteiger partial charge in [-0.05, 0) is 31.5 Å². The maximum Gasteiger partial charge on any atom is 0.392 e. The van der Waals surface area contributed by atoms with Crippen molar-refractivity contribution in [3.63, 3.8) is 0 Å². The first kappa shape index (κ1) is 23.5. The molecule has 1 N–H and O–H groups in total. The van der Waals surface area contributed by atoms with Crippen LogP contribution in [0.5, 0.6) is 5.75 Å². The fraction of sp³-hybridized carbons (Fsp3) is 0.455. The van der Waals surface area contributed by atoms with Crippen LogP contribution in [0.25, 0.3) is 0 Å². The first-order valence-electron chi connectivity index (χ1n) is 10.2. The molecule has 1 atom stereocenters. The number of pyridine rings is 2. The van der Waals surface area contributed by atoms with Crippen molar-refractivity contribution in [2.75, 3.05) is 11.9 Å². The van der Waals surface area contributed by atoms with E-state index in [1.807, 2.05) is 6.92 Å². The second-order valence-corrected chi connectivity index (χ2v) is 8.03.